The summed E-state index contributed by atoms with van der Waals surface area (Å²) in [5, 5.41) is 21.2. The second-order valence-electron chi connectivity index (χ2n) is 12.3. The molecule has 51 heavy (non-hydrogen) atoms. The summed E-state index contributed by atoms with van der Waals surface area (Å²) in [6.07, 6.45) is 4.56. The van der Waals surface area contributed by atoms with E-state index >= 15 is 0 Å². The number of carbonyl (C=O) groups excluding carboxylic acids is 2. The third kappa shape index (κ3) is 9.68. The first-order valence-electron chi connectivity index (χ1n) is 16.7. The number of halogens is 2. The van der Waals surface area contributed by atoms with E-state index in [-0.39, 0.29) is 6.04 Å². The van der Waals surface area contributed by atoms with E-state index in [1.54, 1.807) is 0 Å². The molecule has 2 aromatic heterocycles. The summed E-state index contributed by atoms with van der Waals surface area (Å²) >= 11 is 13.5. The summed E-state index contributed by atoms with van der Waals surface area (Å²) in [6, 6.07) is 16.1. The van der Waals surface area contributed by atoms with Gasteiger partial charge in [0.25, 0.3) is 0 Å². The number of fused-ring (bicyclic) bond motifs is 1. The maximum absolute atomic E-state index is 11.6. The molecule has 11 heteroatoms. The van der Waals surface area contributed by atoms with Gasteiger partial charge in [0.05, 0.1) is 34.2 Å². The molecule has 0 saturated carbocycles. The van der Waals surface area contributed by atoms with Crippen LogP contribution in [0.15, 0.2) is 48.5 Å². The molecule has 0 radical (unpaired) electrons. The number of carbonyl (C=O) groups is 2. The van der Waals surface area contributed by atoms with Gasteiger partial charge >= 0.3 is 0 Å². The van der Waals surface area contributed by atoms with Gasteiger partial charge in [0, 0.05) is 59.5 Å². The van der Waals surface area contributed by atoms with E-state index in [9.17, 15) is 4.79 Å². The van der Waals surface area contributed by atoms with Gasteiger partial charge in [-0.3, -0.25) is 9.48 Å². The minimum Gasteiger partial charge on any atom is -0.494 e. The number of aldehydes is 1. The monoisotopic (exact) mass is 733 g/mol. The van der Waals surface area contributed by atoms with Crippen LogP contribution in [-0.4, -0.2) is 66.3 Å². The first-order valence-corrected chi connectivity index (χ1v) is 17.4. The average molecular weight is 735 g/mol. The fourth-order valence-corrected chi connectivity index (χ4v) is 6.64. The fraction of sp³-hybridized carbons (Fsp3) is 0.325. The topological polar surface area (TPSA) is 121 Å². The van der Waals surface area contributed by atoms with Crippen molar-refractivity contribution in [3.63, 3.8) is 0 Å². The Bertz CT molecular complexity index is 1960. The van der Waals surface area contributed by atoms with Crippen LogP contribution in [0.3, 0.4) is 0 Å². The van der Waals surface area contributed by atoms with Crippen molar-refractivity contribution in [2.75, 3.05) is 32.6 Å². The number of aromatic nitrogens is 3. The van der Waals surface area contributed by atoms with Gasteiger partial charge in [0.15, 0.2) is 6.29 Å². The Morgan fingerprint density at radius 2 is 1.75 bits per heavy atom. The van der Waals surface area contributed by atoms with Crippen molar-refractivity contribution in [2.24, 2.45) is 7.05 Å². The van der Waals surface area contributed by atoms with Crippen LogP contribution in [0.5, 0.6) is 5.75 Å². The van der Waals surface area contributed by atoms with Crippen molar-refractivity contribution in [1.82, 2.24) is 20.1 Å². The number of benzene rings is 3. The van der Waals surface area contributed by atoms with Crippen molar-refractivity contribution in [2.45, 2.75) is 53.5 Å². The lowest BCUT2D eigenvalue weighted by Gasteiger charge is -2.24. The molecule has 0 spiro atoms. The lowest BCUT2D eigenvalue weighted by molar-refractivity contribution is -0.0980. The molecule has 3 aromatic carbocycles. The SMILES string of the molecule is C=O.CNC[C@@H](C)Nc1c(/C(=C/c2cccc3cc(C=O)[nH]c23)CCCOc2cc(C)c(Cl)c(C)c2)ccc(Cl)c1-c1c(C)nn(C)c1C.CO. The normalized spacial score (nSPS) is 11.7. The molecular formula is C40H49Cl2N5O4. The number of nitrogens with one attached hydrogen (secondary N) is 3. The molecule has 1 atom stereocenters. The number of nitrogens with zero attached hydrogens (tertiary/aromatic N) is 2. The van der Waals surface area contributed by atoms with Gasteiger partial charge in [-0.15, -0.1) is 0 Å². The van der Waals surface area contributed by atoms with Gasteiger partial charge in [-0.2, -0.15) is 5.10 Å². The molecule has 5 aromatic rings. The molecule has 0 aliphatic carbocycles. The van der Waals surface area contributed by atoms with Crippen molar-refractivity contribution < 1.29 is 19.4 Å². The molecule has 4 N–H and O–H groups in total. The maximum Gasteiger partial charge on any atom is 0.166 e. The van der Waals surface area contributed by atoms with Gasteiger partial charge in [0.2, 0.25) is 0 Å². The van der Waals surface area contributed by atoms with Gasteiger partial charge in [-0.1, -0.05) is 47.5 Å². The van der Waals surface area contributed by atoms with E-state index in [0.717, 1.165) is 110 Å². The third-order valence-corrected chi connectivity index (χ3v) is 9.51. The van der Waals surface area contributed by atoms with Crippen molar-refractivity contribution in [3.05, 3.63) is 97.9 Å². The highest BCUT2D eigenvalue weighted by Crippen LogP contribution is 2.44. The number of likely N-dealkylation sites (N-methyl/N-ethyl adjacent to an activating group) is 1. The molecule has 0 aliphatic heterocycles. The maximum atomic E-state index is 11.6. The lowest BCUT2D eigenvalue weighted by Crippen LogP contribution is -2.28. The summed E-state index contributed by atoms with van der Waals surface area (Å²) in [7, 11) is 4.91. The minimum absolute atomic E-state index is 0.108. The van der Waals surface area contributed by atoms with E-state index in [2.05, 4.69) is 47.7 Å². The molecule has 5 rings (SSSR count). The molecule has 0 aliphatic rings. The van der Waals surface area contributed by atoms with Crippen LogP contribution in [0, 0.1) is 27.7 Å². The zero-order chi connectivity index (χ0) is 37.8. The number of aliphatic hydroxyl groups excluding tert-OH is 1. The van der Waals surface area contributed by atoms with E-state index in [1.165, 1.54) is 0 Å². The quantitative estimate of drug-likeness (QED) is 0.0542. The highest BCUT2D eigenvalue weighted by Gasteiger charge is 2.23. The highest BCUT2D eigenvalue weighted by molar-refractivity contribution is 6.34. The van der Waals surface area contributed by atoms with Crippen molar-refractivity contribution >= 4 is 64.5 Å². The fourth-order valence-electron chi connectivity index (χ4n) is 6.28. The van der Waals surface area contributed by atoms with Crippen LogP contribution < -0.4 is 15.4 Å². The second kappa shape index (κ2) is 19.3. The van der Waals surface area contributed by atoms with Gasteiger partial charge in [-0.05, 0) is 107 Å². The van der Waals surface area contributed by atoms with Crippen LogP contribution in [0.4, 0.5) is 5.69 Å². The van der Waals surface area contributed by atoms with Gasteiger partial charge in [0.1, 0.15) is 12.5 Å². The smallest absolute Gasteiger partial charge is 0.166 e. The van der Waals surface area contributed by atoms with Gasteiger partial charge < -0.3 is 30.3 Å². The number of aliphatic hydroxyl groups is 1. The number of aryl methyl sites for hydroxylation is 4. The van der Waals surface area contributed by atoms with Crippen molar-refractivity contribution in [1.29, 1.82) is 0 Å². The van der Waals surface area contributed by atoms with E-state index in [4.69, 9.17) is 42.9 Å². The number of hydrogen-bond donors (Lipinski definition) is 4. The van der Waals surface area contributed by atoms with E-state index in [0.29, 0.717) is 17.3 Å². The number of ether oxygens (including phenoxy) is 1. The van der Waals surface area contributed by atoms with Crippen LogP contribution in [0.2, 0.25) is 10.0 Å². The number of anilines is 1. The van der Waals surface area contributed by atoms with E-state index < -0.39 is 0 Å². The molecule has 0 fully saturated rings. The summed E-state index contributed by atoms with van der Waals surface area (Å²) in [4.78, 5) is 22.9. The summed E-state index contributed by atoms with van der Waals surface area (Å²) < 4.78 is 8.14. The minimum atomic E-state index is 0.108. The average Bonchev–Trinajstić information content (AvgIpc) is 3.66. The zero-order valence-electron chi connectivity index (χ0n) is 30.7. The highest BCUT2D eigenvalue weighted by atomic mass is 35.5. The third-order valence-electron chi connectivity index (χ3n) is 8.60. The van der Waals surface area contributed by atoms with Crippen LogP contribution in [0.25, 0.3) is 33.7 Å². The largest absolute Gasteiger partial charge is 0.494 e. The van der Waals surface area contributed by atoms with Gasteiger partial charge in [-0.25, -0.2) is 0 Å². The molecule has 0 saturated heterocycles. The number of aromatic amines is 1. The number of para-hydroxylation sites is 1. The number of hydrogen-bond acceptors (Lipinski definition) is 7. The Morgan fingerprint density at radius 3 is 2.35 bits per heavy atom. The van der Waals surface area contributed by atoms with E-state index in [1.807, 2.05) is 82.7 Å². The molecule has 0 amide bonds. The molecule has 0 bridgehead atoms. The second-order valence-corrected chi connectivity index (χ2v) is 13.0. The molecule has 2 heterocycles. The molecule has 0 unspecified atom stereocenters. The Labute approximate surface area is 311 Å². The lowest BCUT2D eigenvalue weighted by atomic mass is 9.91. The Balaban J connectivity index is 0.00000169. The first kappa shape index (κ1) is 41.0. The summed E-state index contributed by atoms with van der Waals surface area (Å²) in [5.74, 6) is 0.812. The van der Waals surface area contributed by atoms with Crippen LogP contribution >= 0.6 is 23.2 Å². The van der Waals surface area contributed by atoms with Crippen LogP contribution in [0.1, 0.15) is 63.9 Å². The molecule has 9 nitrogen and oxygen atoms in total. The Morgan fingerprint density at radius 1 is 1.06 bits per heavy atom. The van der Waals surface area contributed by atoms with Crippen molar-refractivity contribution in [3.8, 4) is 16.9 Å². The molecular weight excluding hydrogens is 685 g/mol. The van der Waals surface area contributed by atoms with Crippen LogP contribution in [-0.2, 0) is 11.8 Å². The standard InChI is InChI=1S/C38H43Cl2N5O2.CH4O.CH2O/c1-22-16-31(17-23(2)36(22)40)47-15-9-12-27(18-28-10-8-11-29-19-30(21-46)43-37(28)29)32-13-14-33(39)35(38(32)42-24(3)20-41-6)34-25(4)44-45(7)26(34)5;2*1-2/h8,10-11,13-14,16-19,21,24,41-43H,9,12,15,20H2,1-7H3;2H,1H3;1H2/b27-18+;;/t24-;;/m1../s1. The molecule has 272 valence electrons. The summed E-state index contributed by atoms with van der Waals surface area (Å²) in [5.41, 5.74) is 11.5. The first-order chi connectivity index (χ1) is 24.5. The number of H-pyrrole nitrogens is 1. The predicted molar refractivity (Wildman–Crippen MR) is 213 cm³/mol. The number of rotatable bonds is 13. The predicted octanol–water partition coefficient (Wildman–Crippen LogP) is 8.76. The Hall–Kier alpha value is -4.41. The summed E-state index contributed by atoms with van der Waals surface area (Å²) in [6.45, 7) is 13.5. The number of allylic oxidation sites excluding steroid dienone is 1. The zero-order valence-corrected chi connectivity index (χ0v) is 32.2. The Kier molecular flexibility index (Phi) is 15.5.